The van der Waals surface area contributed by atoms with Crippen molar-refractivity contribution in [2.24, 2.45) is 0 Å². The summed E-state index contributed by atoms with van der Waals surface area (Å²) in [5, 5.41) is 4.16. The summed E-state index contributed by atoms with van der Waals surface area (Å²) in [6.07, 6.45) is 3.92. The zero-order valence-electron chi connectivity index (χ0n) is 11.2. The summed E-state index contributed by atoms with van der Waals surface area (Å²) in [6.45, 7) is 5.26. The molecule has 0 heterocycles. The first-order valence-corrected chi connectivity index (χ1v) is 6.47. The van der Waals surface area contributed by atoms with Crippen molar-refractivity contribution in [2.75, 3.05) is 27.7 Å². The largest absolute Gasteiger partial charge is 0.360 e. The van der Waals surface area contributed by atoms with E-state index in [4.69, 9.17) is 12.2 Å². The fourth-order valence-electron chi connectivity index (χ4n) is 2.20. The molecule has 0 spiro atoms. The fraction of sp³-hybridized carbons (Fsp3) is 0.917. The van der Waals surface area contributed by atoms with Crippen molar-refractivity contribution >= 4 is 17.3 Å². The van der Waals surface area contributed by atoms with Crippen LogP contribution in [-0.4, -0.2) is 54.2 Å². The van der Waals surface area contributed by atoms with Crippen molar-refractivity contribution in [3.8, 4) is 0 Å². The molecule has 0 aromatic rings. The SMILES string of the molecule is CC(C)NC(=S)N(C)CC1(N(C)C)CCC1. The molecule has 1 aliphatic rings. The highest BCUT2D eigenvalue weighted by Gasteiger charge is 2.40. The molecule has 0 aromatic heterocycles. The minimum absolute atomic E-state index is 0.345. The fourth-order valence-corrected chi connectivity index (χ4v) is 2.50. The molecule has 0 radical (unpaired) electrons. The van der Waals surface area contributed by atoms with Crippen LogP contribution in [0.15, 0.2) is 0 Å². The van der Waals surface area contributed by atoms with Gasteiger partial charge in [-0.3, -0.25) is 0 Å². The molecule has 1 rings (SSSR count). The lowest BCUT2D eigenvalue weighted by Gasteiger charge is -2.49. The van der Waals surface area contributed by atoms with Crippen LogP contribution in [0.5, 0.6) is 0 Å². The Morgan fingerprint density at radius 1 is 1.31 bits per heavy atom. The van der Waals surface area contributed by atoms with Gasteiger partial charge < -0.3 is 15.1 Å². The van der Waals surface area contributed by atoms with E-state index in [1.807, 2.05) is 0 Å². The summed E-state index contributed by atoms with van der Waals surface area (Å²) in [6, 6.07) is 0.409. The van der Waals surface area contributed by atoms with Crippen LogP contribution in [0, 0.1) is 0 Å². The third-order valence-electron chi connectivity index (χ3n) is 3.52. The first kappa shape index (κ1) is 13.7. The molecule has 1 fully saturated rings. The van der Waals surface area contributed by atoms with Crippen molar-refractivity contribution in [3.63, 3.8) is 0 Å². The number of nitrogens with zero attached hydrogens (tertiary/aromatic N) is 2. The molecule has 0 saturated heterocycles. The zero-order valence-corrected chi connectivity index (χ0v) is 12.0. The molecule has 0 aliphatic heterocycles. The average molecular weight is 243 g/mol. The van der Waals surface area contributed by atoms with E-state index in [-0.39, 0.29) is 0 Å². The Morgan fingerprint density at radius 3 is 2.19 bits per heavy atom. The van der Waals surface area contributed by atoms with Crippen molar-refractivity contribution in [2.45, 2.75) is 44.7 Å². The number of nitrogens with one attached hydrogen (secondary N) is 1. The van der Waals surface area contributed by atoms with E-state index in [2.05, 4.69) is 50.1 Å². The lowest BCUT2D eigenvalue weighted by Crippen LogP contribution is -2.58. The zero-order chi connectivity index (χ0) is 12.3. The molecule has 1 saturated carbocycles. The summed E-state index contributed by atoms with van der Waals surface area (Å²) >= 11 is 5.38. The van der Waals surface area contributed by atoms with E-state index in [9.17, 15) is 0 Å². The quantitative estimate of drug-likeness (QED) is 0.757. The molecule has 1 N–H and O–H groups in total. The molecular weight excluding hydrogens is 218 g/mol. The van der Waals surface area contributed by atoms with E-state index in [0.717, 1.165) is 11.7 Å². The minimum atomic E-state index is 0.345. The van der Waals surface area contributed by atoms with E-state index in [0.29, 0.717) is 11.6 Å². The maximum Gasteiger partial charge on any atom is 0.168 e. The van der Waals surface area contributed by atoms with Gasteiger partial charge in [0.15, 0.2) is 5.11 Å². The molecule has 0 amide bonds. The molecule has 0 unspecified atom stereocenters. The van der Waals surface area contributed by atoms with E-state index in [1.165, 1.54) is 19.3 Å². The summed E-state index contributed by atoms with van der Waals surface area (Å²) in [5.74, 6) is 0. The van der Waals surface area contributed by atoms with Gasteiger partial charge in [0.05, 0.1) is 0 Å². The van der Waals surface area contributed by atoms with Gasteiger partial charge in [-0.15, -0.1) is 0 Å². The highest BCUT2D eigenvalue weighted by Crippen LogP contribution is 2.36. The monoisotopic (exact) mass is 243 g/mol. The van der Waals surface area contributed by atoms with Gasteiger partial charge in [0.2, 0.25) is 0 Å². The Balaban J connectivity index is 2.49. The van der Waals surface area contributed by atoms with Gasteiger partial charge in [0.25, 0.3) is 0 Å². The molecule has 0 bridgehead atoms. The lowest BCUT2D eigenvalue weighted by atomic mass is 9.75. The van der Waals surface area contributed by atoms with Crippen molar-refractivity contribution in [3.05, 3.63) is 0 Å². The molecular formula is C12H25N3S. The first-order valence-electron chi connectivity index (χ1n) is 6.06. The van der Waals surface area contributed by atoms with Gasteiger partial charge in [0, 0.05) is 25.2 Å². The highest BCUT2D eigenvalue weighted by molar-refractivity contribution is 7.80. The van der Waals surface area contributed by atoms with Crippen LogP contribution in [0.4, 0.5) is 0 Å². The van der Waals surface area contributed by atoms with Gasteiger partial charge >= 0.3 is 0 Å². The maximum atomic E-state index is 5.38. The smallest absolute Gasteiger partial charge is 0.168 e. The molecule has 0 aromatic carbocycles. The van der Waals surface area contributed by atoms with E-state index < -0.39 is 0 Å². The number of rotatable bonds is 4. The van der Waals surface area contributed by atoms with Crippen LogP contribution in [0.3, 0.4) is 0 Å². The van der Waals surface area contributed by atoms with Gasteiger partial charge in [-0.1, -0.05) is 0 Å². The Labute approximate surface area is 105 Å². The van der Waals surface area contributed by atoms with Crippen LogP contribution in [0.1, 0.15) is 33.1 Å². The topological polar surface area (TPSA) is 18.5 Å². The van der Waals surface area contributed by atoms with Crippen molar-refractivity contribution in [1.82, 2.24) is 15.1 Å². The third kappa shape index (κ3) is 3.08. The molecule has 94 valence electrons. The van der Waals surface area contributed by atoms with Crippen LogP contribution >= 0.6 is 12.2 Å². The van der Waals surface area contributed by atoms with Gasteiger partial charge in [0.1, 0.15) is 0 Å². The average Bonchev–Trinajstić information content (AvgIpc) is 2.08. The van der Waals surface area contributed by atoms with Crippen LogP contribution < -0.4 is 5.32 Å². The predicted octanol–water partition coefficient (Wildman–Crippen LogP) is 1.69. The Hall–Kier alpha value is -0.350. The van der Waals surface area contributed by atoms with Crippen LogP contribution in [0.25, 0.3) is 0 Å². The van der Waals surface area contributed by atoms with E-state index in [1.54, 1.807) is 0 Å². The Bertz CT molecular complexity index is 247. The van der Waals surface area contributed by atoms with Gasteiger partial charge in [-0.05, 0) is 59.4 Å². The second-order valence-electron chi connectivity index (χ2n) is 5.43. The minimum Gasteiger partial charge on any atom is -0.360 e. The number of hydrogen-bond acceptors (Lipinski definition) is 2. The third-order valence-corrected chi connectivity index (χ3v) is 3.95. The number of hydrogen-bond donors (Lipinski definition) is 1. The van der Waals surface area contributed by atoms with Crippen LogP contribution in [0.2, 0.25) is 0 Å². The summed E-state index contributed by atoms with van der Waals surface area (Å²) in [5.41, 5.74) is 0.345. The first-order chi connectivity index (χ1) is 7.37. The molecule has 16 heavy (non-hydrogen) atoms. The standard InChI is InChI=1S/C12H25N3S/c1-10(2)13-11(16)15(5)9-12(14(3)4)7-6-8-12/h10H,6-9H2,1-5H3,(H,13,16). The Morgan fingerprint density at radius 2 is 1.88 bits per heavy atom. The van der Waals surface area contributed by atoms with Crippen molar-refractivity contribution in [1.29, 1.82) is 0 Å². The predicted molar refractivity (Wildman–Crippen MR) is 73.8 cm³/mol. The van der Waals surface area contributed by atoms with Crippen LogP contribution in [-0.2, 0) is 0 Å². The number of likely N-dealkylation sites (N-methyl/N-ethyl adjacent to an activating group) is 2. The molecule has 0 atom stereocenters. The normalized spacial score (nSPS) is 18.4. The Kier molecular flexibility index (Phi) is 4.56. The van der Waals surface area contributed by atoms with E-state index >= 15 is 0 Å². The second-order valence-corrected chi connectivity index (χ2v) is 5.82. The summed E-state index contributed by atoms with van der Waals surface area (Å²) in [7, 11) is 6.43. The molecule has 4 heteroatoms. The van der Waals surface area contributed by atoms with Gasteiger partial charge in [-0.2, -0.15) is 0 Å². The number of thiocarbonyl (C=S) groups is 1. The summed E-state index contributed by atoms with van der Waals surface area (Å²) in [4.78, 5) is 4.53. The van der Waals surface area contributed by atoms with Crippen molar-refractivity contribution < 1.29 is 0 Å². The van der Waals surface area contributed by atoms with Gasteiger partial charge in [-0.25, -0.2) is 0 Å². The summed E-state index contributed by atoms with van der Waals surface area (Å²) < 4.78 is 0. The maximum absolute atomic E-state index is 5.38. The highest BCUT2D eigenvalue weighted by atomic mass is 32.1. The molecule has 1 aliphatic carbocycles. The molecule has 3 nitrogen and oxygen atoms in total. The lowest BCUT2D eigenvalue weighted by molar-refractivity contribution is 0.0428. The second kappa shape index (κ2) is 5.32.